The highest BCUT2D eigenvalue weighted by Gasteiger charge is 2.51. The molecule has 4 bridgehead atoms. The molecule has 28 heavy (non-hydrogen) atoms. The van der Waals surface area contributed by atoms with Crippen molar-refractivity contribution >= 4 is 5.91 Å². The monoisotopic (exact) mass is 374 g/mol. The molecule has 0 spiro atoms. The zero-order valence-electron chi connectivity index (χ0n) is 16.4. The van der Waals surface area contributed by atoms with Crippen molar-refractivity contribution in [2.45, 2.75) is 50.1 Å². The van der Waals surface area contributed by atoms with Gasteiger partial charge in [-0.3, -0.25) is 10.1 Å². The number of hydrogen-bond donors (Lipinski definition) is 2. The highest BCUT2D eigenvalue weighted by molar-refractivity contribution is 5.79. The molecule has 0 saturated heterocycles. The minimum absolute atomic E-state index is 0.0320. The lowest BCUT2D eigenvalue weighted by molar-refractivity contribution is -0.126. The molecule has 1 amide bonds. The third kappa shape index (κ3) is 3.60. The molecule has 0 aromatic heterocycles. The van der Waals surface area contributed by atoms with E-state index < -0.39 is 0 Å². The minimum Gasteiger partial charge on any atom is -0.350 e. The van der Waals surface area contributed by atoms with Crippen LogP contribution in [0, 0.1) is 17.8 Å². The van der Waals surface area contributed by atoms with Gasteiger partial charge in [-0.05, 0) is 67.4 Å². The predicted octanol–water partition coefficient (Wildman–Crippen LogP) is 4.45. The van der Waals surface area contributed by atoms with Crippen molar-refractivity contribution < 1.29 is 4.79 Å². The molecule has 146 valence electrons. The highest BCUT2D eigenvalue weighted by atomic mass is 16.2. The van der Waals surface area contributed by atoms with Gasteiger partial charge in [0.25, 0.3) is 0 Å². The fraction of sp³-hybridized carbons (Fsp3) is 0.480. The van der Waals surface area contributed by atoms with Crippen molar-refractivity contribution in [2.24, 2.45) is 17.8 Å². The van der Waals surface area contributed by atoms with E-state index in [-0.39, 0.29) is 17.5 Å². The van der Waals surface area contributed by atoms with E-state index in [2.05, 4.69) is 59.2 Å². The van der Waals surface area contributed by atoms with Crippen molar-refractivity contribution in [1.82, 2.24) is 10.6 Å². The van der Waals surface area contributed by atoms with Gasteiger partial charge >= 0.3 is 0 Å². The number of nitrogens with one attached hydrogen (secondary N) is 2. The molecule has 6 rings (SSSR count). The van der Waals surface area contributed by atoms with Gasteiger partial charge in [-0.15, -0.1) is 0 Å². The Morgan fingerprint density at radius 2 is 1.29 bits per heavy atom. The van der Waals surface area contributed by atoms with Gasteiger partial charge in [0.1, 0.15) is 0 Å². The summed E-state index contributed by atoms with van der Waals surface area (Å²) in [6.07, 6.45) is 7.80. The van der Waals surface area contributed by atoms with Crippen molar-refractivity contribution in [1.29, 1.82) is 0 Å². The fourth-order valence-corrected chi connectivity index (χ4v) is 6.52. The fourth-order valence-electron chi connectivity index (χ4n) is 6.52. The molecule has 0 aliphatic heterocycles. The second-order valence-corrected chi connectivity index (χ2v) is 9.38. The lowest BCUT2D eigenvalue weighted by Crippen LogP contribution is -2.60. The van der Waals surface area contributed by atoms with Crippen LogP contribution in [0.5, 0.6) is 0 Å². The largest absolute Gasteiger partial charge is 0.350 e. The Balaban J connectivity index is 1.27. The average Bonchev–Trinajstić information content (AvgIpc) is 2.68. The molecule has 2 aromatic rings. The van der Waals surface area contributed by atoms with Crippen LogP contribution in [0.4, 0.5) is 0 Å². The molecule has 0 heterocycles. The van der Waals surface area contributed by atoms with Gasteiger partial charge < -0.3 is 5.32 Å². The Labute approximate surface area is 167 Å². The van der Waals surface area contributed by atoms with Gasteiger partial charge in [0.05, 0.1) is 12.6 Å². The summed E-state index contributed by atoms with van der Waals surface area (Å²) in [4.78, 5) is 12.9. The van der Waals surface area contributed by atoms with Gasteiger partial charge in [0.2, 0.25) is 5.91 Å². The van der Waals surface area contributed by atoms with Crippen LogP contribution in [-0.4, -0.2) is 18.0 Å². The Morgan fingerprint density at radius 3 is 1.75 bits per heavy atom. The summed E-state index contributed by atoms with van der Waals surface area (Å²) in [6.45, 7) is 0.357. The number of amides is 1. The molecular weight excluding hydrogens is 344 g/mol. The third-order valence-electron chi connectivity index (χ3n) is 7.18. The molecule has 3 nitrogen and oxygen atoms in total. The summed E-state index contributed by atoms with van der Waals surface area (Å²) in [5.74, 6) is 2.70. The van der Waals surface area contributed by atoms with Crippen LogP contribution in [0.1, 0.15) is 55.7 Å². The maximum absolute atomic E-state index is 12.9. The first-order valence-electron chi connectivity index (χ1n) is 10.8. The van der Waals surface area contributed by atoms with E-state index in [1.807, 2.05) is 12.1 Å². The molecule has 4 aliphatic rings. The summed E-state index contributed by atoms with van der Waals surface area (Å²) in [5.41, 5.74) is 2.47. The van der Waals surface area contributed by atoms with Crippen LogP contribution in [-0.2, 0) is 4.79 Å². The molecule has 2 aromatic carbocycles. The molecule has 3 heteroatoms. The van der Waals surface area contributed by atoms with Crippen molar-refractivity contribution in [3.63, 3.8) is 0 Å². The zero-order valence-corrected chi connectivity index (χ0v) is 16.4. The number of rotatable bonds is 6. The van der Waals surface area contributed by atoms with Gasteiger partial charge in [-0.1, -0.05) is 60.7 Å². The predicted molar refractivity (Wildman–Crippen MR) is 112 cm³/mol. The minimum atomic E-state index is 0.0320. The van der Waals surface area contributed by atoms with Gasteiger partial charge in [-0.2, -0.15) is 0 Å². The first kappa shape index (κ1) is 17.9. The molecule has 2 N–H and O–H groups in total. The van der Waals surface area contributed by atoms with Gasteiger partial charge in [0.15, 0.2) is 0 Å². The van der Waals surface area contributed by atoms with E-state index in [9.17, 15) is 4.79 Å². The molecule has 4 fully saturated rings. The maximum Gasteiger partial charge on any atom is 0.234 e. The van der Waals surface area contributed by atoms with Crippen molar-refractivity contribution in [3.8, 4) is 0 Å². The zero-order chi connectivity index (χ0) is 19.0. The maximum atomic E-state index is 12.9. The smallest absolute Gasteiger partial charge is 0.234 e. The summed E-state index contributed by atoms with van der Waals surface area (Å²) < 4.78 is 0. The lowest BCUT2D eigenvalue weighted by atomic mass is 9.53. The Kier molecular flexibility index (Phi) is 4.72. The van der Waals surface area contributed by atoms with Crippen LogP contribution in [0.15, 0.2) is 60.7 Å². The second-order valence-electron chi connectivity index (χ2n) is 9.38. The van der Waals surface area contributed by atoms with Crippen LogP contribution in [0.3, 0.4) is 0 Å². The standard InChI is InChI=1S/C25H30N2O/c28-23(27-25-14-18-11-19(15-25)13-20(12-18)16-25)17-26-24(21-7-3-1-4-8-21)22-9-5-2-6-10-22/h1-10,18-20,24,26H,11-17H2,(H,27,28). The van der Waals surface area contributed by atoms with Gasteiger partial charge in [-0.25, -0.2) is 0 Å². The van der Waals surface area contributed by atoms with E-state index in [0.29, 0.717) is 6.54 Å². The molecular formula is C25H30N2O. The second kappa shape index (κ2) is 7.36. The SMILES string of the molecule is O=C(CNC(c1ccccc1)c1ccccc1)NC12CC3CC(CC(C3)C1)C2. The van der Waals surface area contributed by atoms with Crippen molar-refractivity contribution in [3.05, 3.63) is 71.8 Å². The molecule has 0 atom stereocenters. The number of hydrogen-bond acceptors (Lipinski definition) is 2. The normalized spacial score (nSPS) is 30.5. The molecule has 0 unspecified atom stereocenters. The van der Waals surface area contributed by atoms with E-state index in [4.69, 9.17) is 0 Å². The summed E-state index contributed by atoms with van der Waals surface area (Å²) >= 11 is 0. The van der Waals surface area contributed by atoms with Crippen LogP contribution in [0.2, 0.25) is 0 Å². The van der Waals surface area contributed by atoms with Crippen LogP contribution in [0.25, 0.3) is 0 Å². The van der Waals surface area contributed by atoms with E-state index >= 15 is 0 Å². The molecule has 4 aliphatic carbocycles. The third-order valence-corrected chi connectivity index (χ3v) is 7.18. The van der Waals surface area contributed by atoms with E-state index in [0.717, 1.165) is 17.8 Å². The number of carbonyl (C=O) groups excluding carboxylic acids is 1. The van der Waals surface area contributed by atoms with Gasteiger partial charge in [0, 0.05) is 5.54 Å². The Hall–Kier alpha value is -2.13. The Bertz CT molecular complexity index is 742. The van der Waals surface area contributed by atoms with Crippen LogP contribution >= 0.6 is 0 Å². The van der Waals surface area contributed by atoms with E-state index in [1.165, 1.54) is 49.7 Å². The quantitative estimate of drug-likeness (QED) is 0.784. The van der Waals surface area contributed by atoms with E-state index in [1.54, 1.807) is 0 Å². The van der Waals surface area contributed by atoms with Crippen molar-refractivity contribution in [2.75, 3.05) is 6.54 Å². The van der Waals surface area contributed by atoms with Crippen LogP contribution < -0.4 is 10.6 Å². The first-order valence-corrected chi connectivity index (χ1v) is 10.8. The Morgan fingerprint density at radius 1 is 0.821 bits per heavy atom. The average molecular weight is 375 g/mol. The summed E-state index contributed by atoms with van der Waals surface area (Å²) in [7, 11) is 0. The summed E-state index contributed by atoms with van der Waals surface area (Å²) in [5, 5.41) is 7.00. The highest BCUT2D eigenvalue weighted by Crippen LogP contribution is 2.55. The summed E-state index contributed by atoms with van der Waals surface area (Å²) in [6, 6.07) is 20.8. The number of benzene rings is 2. The lowest BCUT2D eigenvalue weighted by Gasteiger charge is -2.56. The molecule has 0 radical (unpaired) electrons. The number of carbonyl (C=O) groups is 1. The molecule has 4 saturated carbocycles. The first-order chi connectivity index (χ1) is 13.7. The topological polar surface area (TPSA) is 41.1 Å².